The van der Waals surface area contributed by atoms with Gasteiger partial charge in [0.05, 0.1) is 7.11 Å². The monoisotopic (exact) mass is 232 g/mol. The van der Waals surface area contributed by atoms with Crippen LogP contribution in [0.2, 0.25) is 0 Å². The number of alkyl halides is 2. The van der Waals surface area contributed by atoms with E-state index in [0.29, 0.717) is 5.56 Å². The van der Waals surface area contributed by atoms with Crippen LogP contribution in [-0.2, 0) is 0 Å². The third kappa shape index (κ3) is 2.72. The smallest absolute Gasteiger partial charge is 0.387 e. The van der Waals surface area contributed by atoms with Crippen LogP contribution in [-0.4, -0.2) is 24.8 Å². The molecule has 0 aromatic heterocycles. The van der Waals surface area contributed by atoms with E-state index in [4.69, 9.17) is 15.7 Å². The van der Waals surface area contributed by atoms with Gasteiger partial charge in [0.15, 0.2) is 17.3 Å². The first kappa shape index (κ1) is 12.0. The van der Waals surface area contributed by atoms with Gasteiger partial charge in [-0.25, -0.2) is 0 Å². The predicted molar refractivity (Wildman–Crippen MR) is 52.1 cm³/mol. The number of halogens is 2. The van der Waals surface area contributed by atoms with E-state index in [0.717, 1.165) is 0 Å². The van der Waals surface area contributed by atoms with E-state index in [2.05, 4.69) is 9.89 Å². The third-order valence-electron chi connectivity index (χ3n) is 1.78. The Kier molecular flexibility index (Phi) is 3.87. The van der Waals surface area contributed by atoms with Gasteiger partial charge >= 0.3 is 6.61 Å². The number of amidine groups is 1. The fraction of sp³-hybridized carbons (Fsp3) is 0.222. The molecule has 88 valence electrons. The average Bonchev–Trinajstić information content (AvgIpc) is 2.27. The van der Waals surface area contributed by atoms with Crippen LogP contribution in [0.4, 0.5) is 8.78 Å². The first-order valence-electron chi connectivity index (χ1n) is 4.19. The molecule has 0 amide bonds. The molecule has 0 bridgehead atoms. The Hall–Kier alpha value is -2.05. The molecule has 0 spiro atoms. The average molecular weight is 232 g/mol. The van der Waals surface area contributed by atoms with Crippen molar-refractivity contribution in [3.63, 3.8) is 0 Å². The number of rotatable bonds is 4. The Morgan fingerprint density at radius 3 is 2.62 bits per heavy atom. The van der Waals surface area contributed by atoms with Crippen LogP contribution in [0.25, 0.3) is 0 Å². The molecule has 0 radical (unpaired) electrons. The highest BCUT2D eigenvalue weighted by molar-refractivity contribution is 5.97. The lowest BCUT2D eigenvalue weighted by molar-refractivity contribution is -0.0512. The maximum Gasteiger partial charge on any atom is 0.387 e. The van der Waals surface area contributed by atoms with Gasteiger partial charge in [0.1, 0.15) is 0 Å². The molecule has 0 aliphatic rings. The van der Waals surface area contributed by atoms with Crippen molar-refractivity contribution in [2.24, 2.45) is 10.9 Å². The summed E-state index contributed by atoms with van der Waals surface area (Å²) in [6.07, 6.45) is 0. The minimum absolute atomic E-state index is 0.0735. The van der Waals surface area contributed by atoms with Crippen molar-refractivity contribution in [2.45, 2.75) is 6.61 Å². The lowest BCUT2D eigenvalue weighted by atomic mass is 10.2. The van der Waals surface area contributed by atoms with Crippen LogP contribution in [0, 0.1) is 0 Å². The summed E-state index contributed by atoms with van der Waals surface area (Å²) < 4.78 is 33.0. The number of methoxy groups -OCH3 is 1. The molecule has 0 fully saturated rings. The van der Waals surface area contributed by atoms with Crippen LogP contribution < -0.4 is 15.2 Å². The summed E-state index contributed by atoms with van der Waals surface area (Å²) in [4.78, 5) is 0. The van der Waals surface area contributed by atoms with E-state index in [-0.39, 0.29) is 17.3 Å². The molecule has 3 N–H and O–H groups in total. The van der Waals surface area contributed by atoms with Crippen molar-refractivity contribution in [2.75, 3.05) is 7.11 Å². The minimum atomic E-state index is -2.94. The highest BCUT2D eigenvalue weighted by atomic mass is 19.3. The fourth-order valence-corrected chi connectivity index (χ4v) is 1.08. The summed E-state index contributed by atoms with van der Waals surface area (Å²) >= 11 is 0. The van der Waals surface area contributed by atoms with Crippen LogP contribution >= 0.6 is 0 Å². The van der Waals surface area contributed by atoms with Crippen LogP contribution in [0.3, 0.4) is 0 Å². The van der Waals surface area contributed by atoms with Gasteiger partial charge < -0.3 is 20.4 Å². The molecule has 0 aliphatic heterocycles. The molecule has 0 aliphatic carbocycles. The maximum absolute atomic E-state index is 12.0. The van der Waals surface area contributed by atoms with Crippen molar-refractivity contribution in [1.29, 1.82) is 0 Å². The van der Waals surface area contributed by atoms with Gasteiger partial charge in [0.2, 0.25) is 0 Å². The zero-order chi connectivity index (χ0) is 12.1. The molecule has 7 heteroatoms. The highest BCUT2D eigenvalue weighted by Crippen LogP contribution is 2.29. The third-order valence-corrected chi connectivity index (χ3v) is 1.78. The fourth-order valence-electron chi connectivity index (χ4n) is 1.08. The summed E-state index contributed by atoms with van der Waals surface area (Å²) in [5, 5.41) is 11.2. The standard InChI is InChI=1S/C9H10F2N2O3/c1-15-7-4-5(8(12)13-14)2-3-6(7)16-9(10)11/h2-4,9,14H,1H3,(H2,12,13). The summed E-state index contributed by atoms with van der Waals surface area (Å²) in [6.45, 7) is -2.94. The van der Waals surface area contributed by atoms with Crippen molar-refractivity contribution in [3.05, 3.63) is 23.8 Å². The first-order valence-corrected chi connectivity index (χ1v) is 4.19. The Morgan fingerprint density at radius 2 is 2.12 bits per heavy atom. The first-order chi connectivity index (χ1) is 7.58. The van der Waals surface area contributed by atoms with Crippen molar-refractivity contribution in [3.8, 4) is 11.5 Å². The van der Waals surface area contributed by atoms with Gasteiger partial charge in [0, 0.05) is 5.56 Å². The van der Waals surface area contributed by atoms with Crippen LogP contribution in [0.5, 0.6) is 11.5 Å². The molecule has 1 aromatic rings. The molecule has 5 nitrogen and oxygen atoms in total. The largest absolute Gasteiger partial charge is 0.493 e. The quantitative estimate of drug-likeness (QED) is 0.356. The SMILES string of the molecule is COc1cc(/C(N)=N/O)ccc1OC(F)F. The van der Waals surface area contributed by atoms with Crippen LogP contribution in [0.1, 0.15) is 5.56 Å². The van der Waals surface area contributed by atoms with E-state index < -0.39 is 6.61 Å². The maximum atomic E-state index is 12.0. The molecule has 16 heavy (non-hydrogen) atoms. The number of nitrogens with zero attached hydrogens (tertiary/aromatic N) is 1. The summed E-state index contributed by atoms with van der Waals surface area (Å²) in [6, 6.07) is 3.94. The number of nitrogens with two attached hydrogens (primary N) is 1. The van der Waals surface area contributed by atoms with Gasteiger partial charge in [-0.3, -0.25) is 0 Å². The van der Waals surface area contributed by atoms with Gasteiger partial charge in [-0.15, -0.1) is 0 Å². The molecular formula is C9H10F2N2O3. The number of hydrogen-bond donors (Lipinski definition) is 2. The zero-order valence-corrected chi connectivity index (χ0v) is 8.35. The molecule has 1 aromatic carbocycles. The number of ether oxygens (including phenoxy) is 2. The van der Waals surface area contributed by atoms with Crippen LogP contribution in [0.15, 0.2) is 23.4 Å². The number of benzene rings is 1. The van der Waals surface area contributed by atoms with E-state index in [9.17, 15) is 8.78 Å². The summed E-state index contributed by atoms with van der Waals surface area (Å²) in [7, 11) is 1.30. The van der Waals surface area contributed by atoms with E-state index in [1.165, 1.54) is 25.3 Å². The molecule has 0 saturated heterocycles. The van der Waals surface area contributed by atoms with Crippen molar-refractivity contribution >= 4 is 5.84 Å². The minimum Gasteiger partial charge on any atom is -0.493 e. The van der Waals surface area contributed by atoms with E-state index in [1.54, 1.807) is 0 Å². The molecule has 0 atom stereocenters. The Balaban J connectivity index is 3.06. The van der Waals surface area contributed by atoms with Crippen molar-refractivity contribution in [1.82, 2.24) is 0 Å². The predicted octanol–water partition coefficient (Wildman–Crippen LogP) is 1.39. The topological polar surface area (TPSA) is 77.1 Å². The Bertz CT molecular complexity index is 396. The van der Waals surface area contributed by atoms with Gasteiger partial charge in [-0.2, -0.15) is 8.78 Å². The lowest BCUT2D eigenvalue weighted by Crippen LogP contribution is -2.13. The Morgan fingerprint density at radius 1 is 1.44 bits per heavy atom. The normalized spacial score (nSPS) is 11.6. The highest BCUT2D eigenvalue weighted by Gasteiger charge is 2.12. The summed E-state index contributed by atoms with van der Waals surface area (Å²) in [5.74, 6) is -0.196. The molecular weight excluding hydrogens is 222 g/mol. The van der Waals surface area contributed by atoms with Gasteiger partial charge in [0.25, 0.3) is 0 Å². The van der Waals surface area contributed by atoms with E-state index >= 15 is 0 Å². The molecule has 0 saturated carbocycles. The zero-order valence-electron chi connectivity index (χ0n) is 8.35. The second kappa shape index (κ2) is 5.15. The van der Waals surface area contributed by atoms with Gasteiger partial charge in [-0.05, 0) is 18.2 Å². The molecule has 1 rings (SSSR count). The lowest BCUT2D eigenvalue weighted by Gasteiger charge is -2.10. The van der Waals surface area contributed by atoms with Gasteiger partial charge in [-0.1, -0.05) is 5.16 Å². The molecule has 0 unspecified atom stereocenters. The molecule has 0 heterocycles. The van der Waals surface area contributed by atoms with Crippen molar-refractivity contribution < 1.29 is 23.5 Å². The second-order valence-corrected chi connectivity index (χ2v) is 2.73. The summed E-state index contributed by atoms with van der Waals surface area (Å²) in [5.41, 5.74) is 5.66. The number of hydrogen-bond acceptors (Lipinski definition) is 4. The second-order valence-electron chi connectivity index (χ2n) is 2.73. The van der Waals surface area contributed by atoms with E-state index in [1.807, 2.05) is 0 Å². The number of oxime groups is 1. The Labute approximate surface area is 90.1 Å².